The Kier molecular flexibility index (Phi) is 4.72. The van der Waals surface area contributed by atoms with Crippen molar-refractivity contribution in [3.05, 3.63) is 29.6 Å². The average molecular weight is 248 g/mol. The molecule has 18 heavy (non-hydrogen) atoms. The highest BCUT2D eigenvalue weighted by Gasteiger charge is 2.31. The number of fused-ring (bicyclic) bond motifs is 1. The van der Waals surface area contributed by atoms with Crippen molar-refractivity contribution < 1.29 is 4.74 Å². The summed E-state index contributed by atoms with van der Waals surface area (Å²) in [6.45, 7) is 2.17. The van der Waals surface area contributed by atoms with E-state index in [4.69, 9.17) is 10.5 Å². The van der Waals surface area contributed by atoms with Gasteiger partial charge in [-0.2, -0.15) is 0 Å². The molecule has 1 aromatic rings. The fourth-order valence-corrected chi connectivity index (χ4v) is 3.03. The first-order chi connectivity index (χ1) is 8.77. The van der Waals surface area contributed by atoms with E-state index < -0.39 is 0 Å². The standard InChI is InChI=1S/C15H24N2O/c1-3-6-13(18-2)14(16)12-9-4-7-11-8-5-10-17-15(11)12/h5,8,10,12-14H,3-4,6-7,9,16H2,1-2H3. The Morgan fingerprint density at radius 1 is 1.56 bits per heavy atom. The van der Waals surface area contributed by atoms with Crippen LogP contribution in [0, 0.1) is 0 Å². The Hall–Kier alpha value is -0.930. The van der Waals surface area contributed by atoms with Crippen LogP contribution in [-0.4, -0.2) is 24.2 Å². The second-order valence-corrected chi connectivity index (χ2v) is 5.19. The number of aryl methyl sites for hydroxylation is 1. The molecule has 0 radical (unpaired) electrons. The van der Waals surface area contributed by atoms with E-state index in [9.17, 15) is 0 Å². The molecule has 1 aliphatic rings. The van der Waals surface area contributed by atoms with E-state index in [2.05, 4.69) is 18.0 Å². The van der Waals surface area contributed by atoms with Crippen LogP contribution in [0.25, 0.3) is 0 Å². The lowest BCUT2D eigenvalue weighted by Gasteiger charge is -2.33. The van der Waals surface area contributed by atoms with Crippen LogP contribution in [0.2, 0.25) is 0 Å². The van der Waals surface area contributed by atoms with E-state index >= 15 is 0 Å². The fourth-order valence-electron chi connectivity index (χ4n) is 3.03. The Morgan fingerprint density at radius 2 is 2.39 bits per heavy atom. The molecule has 0 saturated carbocycles. The summed E-state index contributed by atoms with van der Waals surface area (Å²) in [6.07, 6.45) is 7.63. The van der Waals surface area contributed by atoms with E-state index in [1.807, 2.05) is 12.3 Å². The van der Waals surface area contributed by atoms with Gasteiger partial charge >= 0.3 is 0 Å². The van der Waals surface area contributed by atoms with Gasteiger partial charge in [0, 0.05) is 31.0 Å². The SMILES string of the molecule is CCCC(OC)C(N)C1CCCc2cccnc21. The monoisotopic (exact) mass is 248 g/mol. The Labute approximate surface area is 110 Å². The van der Waals surface area contributed by atoms with Gasteiger partial charge in [0.15, 0.2) is 0 Å². The fraction of sp³-hybridized carbons (Fsp3) is 0.667. The van der Waals surface area contributed by atoms with Crippen LogP contribution in [-0.2, 0) is 11.2 Å². The quantitative estimate of drug-likeness (QED) is 0.871. The maximum Gasteiger partial charge on any atom is 0.0728 e. The summed E-state index contributed by atoms with van der Waals surface area (Å²) in [5.41, 5.74) is 9.01. The van der Waals surface area contributed by atoms with Crippen LogP contribution in [0.3, 0.4) is 0 Å². The van der Waals surface area contributed by atoms with Crippen molar-refractivity contribution in [3.8, 4) is 0 Å². The minimum absolute atomic E-state index is 0.0592. The highest BCUT2D eigenvalue weighted by molar-refractivity contribution is 5.27. The van der Waals surface area contributed by atoms with Gasteiger partial charge in [-0.05, 0) is 37.3 Å². The lowest BCUT2D eigenvalue weighted by molar-refractivity contribution is 0.0620. The van der Waals surface area contributed by atoms with Gasteiger partial charge in [0.05, 0.1) is 6.10 Å². The molecule has 3 nitrogen and oxygen atoms in total. The Morgan fingerprint density at radius 3 is 3.11 bits per heavy atom. The summed E-state index contributed by atoms with van der Waals surface area (Å²) in [6, 6.07) is 4.26. The summed E-state index contributed by atoms with van der Waals surface area (Å²) in [5, 5.41) is 0. The van der Waals surface area contributed by atoms with E-state index in [1.54, 1.807) is 7.11 Å². The normalized spacial score (nSPS) is 22.3. The first-order valence-corrected chi connectivity index (χ1v) is 7.00. The zero-order valence-corrected chi connectivity index (χ0v) is 11.4. The van der Waals surface area contributed by atoms with Crippen LogP contribution in [0.1, 0.15) is 49.8 Å². The number of rotatable bonds is 5. The smallest absolute Gasteiger partial charge is 0.0728 e. The molecule has 1 aromatic heterocycles. The summed E-state index contributed by atoms with van der Waals surface area (Å²) in [7, 11) is 1.77. The van der Waals surface area contributed by atoms with Crippen LogP contribution in [0.15, 0.2) is 18.3 Å². The number of methoxy groups -OCH3 is 1. The molecular weight excluding hydrogens is 224 g/mol. The number of pyridine rings is 1. The summed E-state index contributed by atoms with van der Waals surface area (Å²) >= 11 is 0. The molecule has 0 spiro atoms. The largest absolute Gasteiger partial charge is 0.380 e. The molecule has 3 atom stereocenters. The molecule has 0 saturated heterocycles. The molecule has 3 unspecified atom stereocenters. The molecule has 2 N–H and O–H groups in total. The number of ether oxygens (including phenoxy) is 1. The summed E-state index contributed by atoms with van der Waals surface area (Å²) < 4.78 is 5.57. The Balaban J connectivity index is 2.18. The average Bonchev–Trinajstić information content (AvgIpc) is 2.43. The maximum atomic E-state index is 6.44. The van der Waals surface area contributed by atoms with Gasteiger partial charge < -0.3 is 10.5 Å². The van der Waals surface area contributed by atoms with Gasteiger partial charge in [-0.1, -0.05) is 19.4 Å². The predicted molar refractivity (Wildman–Crippen MR) is 73.6 cm³/mol. The van der Waals surface area contributed by atoms with Crippen molar-refractivity contribution in [2.45, 2.75) is 57.1 Å². The highest BCUT2D eigenvalue weighted by atomic mass is 16.5. The topological polar surface area (TPSA) is 48.1 Å². The van der Waals surface area contributed by atoms with Crippen molar-refractivity contribution in [2.24, 2.45) is 5.73 Å². The molecule has 0 bridgehead atoms. The number of nitrogens with zero attached hydrogens (tertiary/aromatic N) is 1. The third-order valence-corrected chi connectivity index (χ3v) is 4.01. The van der Waals surface area contributed by atoms with Crippen molar-refractivity contribution in [1.29, 1.82) is 0 Å². The molecule has 1 heterocycles. The van der Waals surface area contributed by atoms with Gasteiger partial charge in [0.2, 0.25) is 0 Å². The van der Waals surface area contributed by atoms with E-state index in [-0.39, 0.29) is 12.1 Å². The number of nitrogens with two attached hydrogens (primary N) is 1. The highest BCUT2D eigenvalue weighted by Crippen LogP contribution is 2.33. The van der Waals surface area contributed by atoms with E-state index in [0.29, 0.717) is 5.92 Å². The number of hydrogen-bond acceptors (Lipinski definition) is 3. The number of aromatic nitrogens is 1. The molecule has 0 aliphatic heterocycles. The van der Waals surface area contributed by atoms with E-state index in [1.165, 1.54) is 17.7 Å². The summed E-state index contributed by atoms with van der Waals surface area (Å²) in [4.78, 5) is 4.56. The van der Waals surface area contributed by atoms with Gasteiger partial charge in [0.25, 0.3) is 0 Å². The molecule has 3 heteroatoms. The molecule has 0 amide bonds. The van der Waals surface area contributed by atoms with Crippen LogP contribution in [0.4, 0.5) is 0 Å². The molecular formula is C15H24N2O. The third kappa shape index (κ3) is 2.73. The van der Waals surface area contributed by atoms with Gasteiger partial charge in [-0.15, -0.1) is 0 Å². The zero-order valence-electron chi connectivity index (χ0n) is 11.4. The second kappa shape index (κ2) is 6.30. The van der Waals surface area contributed by atoms with Crippen LogP contribution < -0.4 is 5.73 Å². The van der Waals surface area contributed by atoms with E-state index in [0.717, 1.165) is 25.7 Å². The van der Waals surface area contributed by atoms with Gasteiger partial charge in [0.1, 0.15) is 0 Å². The molecule has 0 aromatic carbocycles. The minimum atomic E-state index is 0.0592. The minimum Gasteiger partial charge on any atom is -0.380 e. The Bertz CT molecular complexity index is 381. The van der Waals surface area contributed by atoms with Crippen molar-refractivity contribution in [1.82, 2.24) is 4.98 Å². The lowest BCUT2D eigenvalue weighted by Crippen LogP contribution is -2.42. The second-order valence-electron chi connectivity index (χ2n) is 5.19. The molecule has 100 valence electrons. The molecule has 2 rings (SSSR count). The summed E-state index contributed by atoms with van der Waals surface area (Å²) in [5.74, 6) is 0.353. The van der Waals surface area contributed by atoms with Crippen molar-refractivity contribution >= 4 is 0 Å². The van der Waals surface area contributed by atoms with Crippen LogP contribution >= 0.6 is 0 Å². The first-order valence-electron chi connectivity index (χ1n) is 7.00. The number of hydrogen-bond donors (Lipinski definition) is 1. The van der Waals surface area contributed by atoms with Gasteiger partial charge in [-0.3, -0.25) is 4.98 Å². The van der Waals surface area contributed by atoms with Crippen molar-refractivity contribution in [2.75, 3.05) is 7.11 Å². The predicted octanol–water partition coefficient (Wildman–Crippen LogP) is 2.64. The first kappa shape index (κ1) is 13.5. The molecule has 0 fully saturated rings. The van der Waals surface area contributed by atoms with Gasteiger partial charge in [-0.25, -0.2) is 0 Å². The third-order valence-electron chi connectivity index (χ3n) is 4.01. The molecule has 1 aliphatic carbocycles. The van der Waals surface area contributed by atoms with Crippen molar-refractivity contribution in [3.63, 3.8) is 0 Å². The zero-order chi connectivity index (χ0) is 13.0. The maximum absolute atomic E-state index is 6.44. The lowest BCUT2D eigenvalue weighted by atomic mass is 9.80. The van der Waals surface area contributed by atoms with Crippen LogP contribution in [0.5, 0.6) is 0 Å².